The lowest BCUT2D eigenvalue weighted by Crippen LogP contribution is -2.00. The van der Waals surface area contributed by atoms with Crippen molar-refractivity contribution in [3.05, 3.63) is 52.3 Å². The quantitative estimate of drug-likeness (QED) is 0.543. The number of nitrogens with zero attached hydrogens (tertiary/aromatic N) is 4. The van der Waals surface area contributed by atoms with Gasteiger partial charge in [0, 0.05) is 18.2 Å². The number of aromatic nitrogens is 3. The largest absolute Gasteiger partial charge is 0.339 e. The molecule has 7 nitrogen and oxygen atoms in total. The van der Waals surface area contributed by atoms with E-state index in [1.165, 1.54) is 6.07 Å². The van der Waals surface area contributed by atoms with Crippen LogP contribution in [-0.4, -0.2) is 19.6 Å². The average molecular weight is 286 g/mol. The van der Waals surface area contributed by atoms with E-state index in [-0.39, 0.29) is 16.5 Å². The zero-order valence-corrected chi connectivity index (χ0v) is 11.7. The van der Waals surface area contributed by atoms with Gasteiger partial charge in [-0.05, 0) is 12.1 Å². The number of hydrogen-bond donors (Lipinski definition) is 0. The number of nitro benzene ring substituents is 1. The predicted octanol–water partition coefficient (Wildman–Crippen LogP) is 3.10. The van der Waals surface area contributed by atoms with Crippen molar-refractivity contribution in [3.63, 3.8) is 0 Å². The van der Waals surface area contributed by atoms with Gasteiger partial charge in [0.15, 0.2) is 5.82 Å². The standard InChI is InChI=1S/C14H14N4O3/c1-9(2)14-15-13(16-21-14)8-17-7-6-10-11(17)4-3-5-12(10)18(19)20/h3-7,9H,8H2,1-2H3. The molecule has 0 radical (unpaired) electrons. The van der Waals surface area contributed by atoms with Crippen LogP contribution in [-0.2, 0) is 6.54 Å². The van der Waals surface area contributed by atoms with Crippen LogP contribution in [0.5, 0.6) is 0 Å². The lowest BCUT2D eigenvalue weighted by Gasteiger charge is -2.01. The molecule has 7 heteroatoms. The lowest BCUT2D eigenvalue weighted by molar-refractivity contribution is -0.383. The Morgan fingerprint density at radius 1 is 1.38 bits per heavy atom. The lowest BCUT2D eigenvalue weighted by atomic mass is 10.2. The fourth-order valence-electron chi connectivity index (χ4n) is 2.22. The summed E-state index contributed by atoms with van der Waals surface area (Å²) in [5.74, 6) is 1.32. The normalized spacial score (nSPS) is 11.4. The molecule has 0 atom stereocenters. The first-order valence-electron chi connectivity index (χ1n) is 6.61. The van der Waals surface area contributed by atoms with Crippen LogP contribution in [0.15, 0.2) is 35.0 Å². The summed E-state index contributed by atoms with van der Waals surface area (Å²) in [6, 6.07) is 6.74. The Morgan fingerprint density at radius 2 is 2.19 bits per heavy atom. The minimum Gasteiger partial charge on any atom is -0.339 e. The molecule has 0 aliphatic rings. The van der Waals surface area contributed by atoms with E-state index in [0.29, 0.717) is 23.6 Å². The average Bonchev–Trinajstić information content (AvgIpc) is 3.06. The van der Waals surface area contributed by atoms with Gasteiger partial charge in [0.05, 0.1) is 22.4 Å². The van der Waals surface area contributed by atoms with Crippen molar-refractivity contribution in [1.82, 2.24) is 14.7 Å². The van der Waals surface area contributed by atoms with Gasteiger partial charge >= 0.3 is 0 Å². The molecule has 0 amide bonds. The fourth-order valence-corrected chi connectivity index (χ4v) is 2.22. The SMILES string of the molecule is CC(C)c1nc(Cn2ccc3c([N+](=O)[O-])cccc32)no1. The first kappa shape index (κ1) is 13.3. The van der Waals surface area contributed by atoms with Gasteiger partial charge in [-0.2, -0.15) is 4.98 Å². The van der Waals surface area contributed by atoms with Crippen molar-refractivity contribution in [2.45, 2.75) is 26.3 Å². The summed E-state index contributed by atoms with van der Waals surface area (Å²) in [6.45, 7) is 4.37. The zero-order chi connectivity index (χ0) is 15.0. The third-order valence-electron chi connectivity index (χ3n) is 3.28. The van der Waals surface area contributed by atoms with Gasteiger partial charge in [-0.15, -0.1) is 0 Å². The molecule has 0 spiro atoms. The Balaban J connectivity index is 1.97. The highest BCUT2D eigenvalue weighted by Crippen LogP contribution is 2.26. The zero-order valence-electron chi connectivity index (χ0n) is 11.7. The van der Waals surface area contributed by atoms with E-state index in [9.17, 15) is 10.1 Å². The van der Waals surface area contributed by atoms with Crippen molar-refractivity contribution < 1.29 is 9.45 Å². The second-order valence-corrected chi connectivity index (χ2v) is 5.11. The molecule has 0 N–H and O–H groups in total. The smallest absolute Gasteiger partial charge is 0.278 e. The highest BCUT2D eigenvalue weighted by atomic mass is 16.6. The molecule has 108 valence electrons. The van der Waals surface area contributed by atoms with Crippen LogP contribution >= 0.6 is 0 Å². The van der Waals surface area contributed by atoms with E-state index in [4.69, 9.17) is 4.52 Å². The summed E-state index contributed by atoms with van der Waals surface area (Å²) < 4.78 is 7.04. The maximum atomic E-state index is 11.0. The Labute approximate surface area is 120 Å². The topological polar surface area (TPSA) is 87.0 Å². The van der Waals surface area contributed by atoms with Gasteiger partial charge in [-0.3, -0.25) is 10.1 Å². The molecule has 3 rings (SSSR count). The van der Waals surface area contributed by atoms with Crippen LogP contribution in [0.1, 0.15) is 31.5 Å². The van der Waals surface area contributed by atoms with E-state index in [0.717, 1.165) is 5.52 Å². The molecular weight excluding hydrogens is 272 g/mol. The van der Waals surface area contributed by atoms with Gasteiger partial charge in [0.25, 0.3) is 5.69 Å². The second kappa shape index (κ2) is 5.01. The number of nitro groups is 1. The van der Waals surface area contributed by atoms with Crippen LogP contribution < -0.4 is 0 Å². The molecule has 0 saturated heterocycles. The number of benzene rings is 1. The second-order valence-electron chi connectivity index (χ2n) is 5.11. The first-order chi connectivity index (χ1) is 10.1. The molecular formula is C14H14N4O3. The fraction of sp³-hybridized carbons (Fsp3) is 0.286. The summed E-state index contributed by atoms with van der Waals surface area (Å²) in [5, 5.41) is 15.6. The minimum atomic E-state index is -0.377. The summed E-state index contributed by atoms with van der Waals surface area (Å²) in [7, 11) is 0. The third kappa shape index (κ3) is 2.37. The van der Waals surface area contributed by atoms with Gasteiger partial charge in [-0.1, -0.05) is 25.1 Å². The molecule has 2 aromatic heterocycles. The number of rotatable bonds is 4. The van der Waals surface area contributed by atoms with E-state index >= 15 is 0 Å². The third-order valence-corrected chi connectivity index (χ3v) is 3.28. The van der Waals surface area contributed by atoms with E-state index in [1.54, 1.807) is 18.3 Å². The maximum absolute atomic E-state index is 11.0. The molecule has 0 bridgehead atoms. The molecule has 21 heavy (non-hydrogen) atoms. The Kier molecular flexibility index (Phi) is 3.17. The molecule has 0 unspecified atom stereocenters. The van der Waals surface area contributed by atoms with Crippen LogP contribution in [0.4, 0.5) is 5.69 Å². The van der Waals surface area contributed by atoms with Gasteiger partial charge < -0.3 is 9.09 Å². The number of non-ortho nitro benzene ring substituents is 1. The summed E-state index contributed by atoms with van der Waals surface area (Å²) in [4.78, 5) is 15.0. The van der Waals surface area contributed by atoms with E-state index < -0.39 is 0 Å². The van der Waals surface area contributed by atoms with E-state index in [1.807, 2.05) is 24.5 Å². The molecule has 2 heterocycles. The summed E-state index contributed by atoms with van der Waals surface area (Å²) in [5.41, 5.74) is 0.877. The minimum absolute atomic E-state index is 0.0993. The molecule has 3 aromatic rings. The van der Waals surface area contributed by atoms with Crippen LogP contribution in [0, 0.1) is 10.1 Å². The number of fused-ring (bicyclic) bond motifs is 1. The predicted molar refractivity (Wildman–Crippen MR) is 76.1 cm³/mol. The number of hydrogen-bond acceptors (Lipinski definition) is 5. The van der Waals surface area contributed by atoms with Crippen molar-refractivity contribution in [1.29, 1.82) is 0 Å². The van der Waals surface area contributed by atoms with Crippen LogP contribution in [0.25, 0.3) is 10.9 Å². The highest BCUT2D eigenvalue weighted by Gasteiger charge is 2.15. The molecule has 1 aromatic carbocycles. The first-order valence-corrected chi connectivity index (χ1v) is 6.61. The molecule has 0 fully saturated rings. The van der Waals surface area contributed by atoms with E-state index in [2.05, 4.69) is 10.1 Å². The van der Waals surface area contributed by atoms with Crippen molar-refractivity contribution in [2.24, 2.45) is 0 Å². The van der Waals surface area contributed by atoms with Crippen molar-refractivity contribution in [2.75, 3.05) is 0 Å². The van der Waals surface area contributed by atoms with Crippen LogP contribution in [0.2, 0.25) is 0 Å². The molecule has 0 aliphatic heterocycles. The Morgan fingerprint density at radius 3 is 2.86 bits per heavy atom. The molecule has 0 saturated carbocycles. The summed E-state index contributed by atoms with van der Waals surface area (Å²) in [6.07, 6.45) is 1.79. The van der Waals surface area contributed by atoms with Crippen LogP contribution in [0.3, 0.4) is 0 Å². The van der Waals surface area contributed by atoms with Gasteiger partial charge in [-0.25, -0.2) is 0 Å². The van der Waals surface area contributed by atoms with Crippen molar-refractivity contribution in [3.8, 4) is 0 Å². The highest BCUT2D eigenvalue weighted by molar-refractivity contribution is 5.89. The van der Waals surface area contributed by atoms with Gasteiger partial charge in [0.2, 0.25) is 5.89 Å². The Bertz CT molecular complexity index is 804. The summed E-state index contributed by atoms with van der Waals surface area (Å²) >= 11 is 0. The Hall–Kier alpha value is -2.70. The monoisotopic (exact) mass is 286 g/mol. The maximum Gasteiger partial charge on any atom is 0.278 e. The van der Waals surface area contributed by atoms with Crippen molar-refractivity contribution >= 4 is 16.6 Å². The van der Waals surface area contributed by atoms with Gasteiger partial charge in [0.1, 0.15) is 0 Å². The molecule has 0 aliphatic carbocycles.